The first-order chi connectivity index (χ1) is 15.2. The smallest absolute Gasteiger partial charge is 0.383 e. The lowest BCUT2D eigenvalue weighted by Gasteiger charge is -2.21. The summed E-state index contributed by atoms with van der Waals surface area (Å²) >= 11 is 0. The maximum absolute atomic E-state index is 13.7. The number of carbonyl (C=O) groups excluding carboxylic acids is 1. The summed E-state index contributed by atoms with van der Waals surface area (Å²) in [6, 6.07) is 3.58. The molecule has 168 valence electrons. The molecule has 0 saturated carbocycles. The second-order valence-corrected chi connectivity index (χ2v) is 7.06. The number of carbonyl (C=O) groups is 1. The Labute approximate surface area is 186 Å². The van der Waals surface area contributed by atoms with Crippen molar-refractivity contribution in [3.63, 3.8) is 0 Å². The number of halogens is 3. The minimum Gasteiger partial charge on any atom is -0.383 e. The molecule has 0 aliphatic carbocycles. The zero-order valence-electron chi connectivity index (χ0n) is 18.1. The summed E-state index contributed by atoms with van der Waals surface area (Å²) in [5.41, 5.74) is 1.03. The Morgan fingerprint density at radius 1 is 1.25 bits per heavy atom. The van der Waals surface area contributed by atoms with Gasteiger partial charge in [0.1, 0.15) is 0 Å². The Kier molecular flexibility index (Phi) is 8.58. The van der Waals surface area contributed by atoms with Crippen LogP contribution in [0.2, 0.25) is 0 Å². The minimum absolute atomic E-state index is 0.00853. The molecule has 4 nitrogen and oxygen atoms in total. The van der Waals surface area contributed by atoms with E-state index in [0.717, 1.165) is 17.5 Å². The maximum Gasteiger partial charge on any atom is 0.417 e. The first-order valence-electron chi connectivity index (χ1n) is 9.91. The highest BCUT2D eigenvalue weighted by molar-refractivity contribution is 5.95. The second kappa shape index (κ2) is 11.1. The molecule has 0 aromatic heterocycles. The Bertz CT molecular complexity index is 1030. The molecule has 0 fully saturated rings. The quantitative estimate of drug-likeness (QED) is 0.383. The number of hydrogen-bond donors (Lipinski definition) is 1. The van der Waals surface area contributed by atoms with Gasteiger partial charge in [0.15, 0.2) is 5.78 Å². The lowest BCUT2D eigenvalue weighted by atomic mass is 9.96. The van der Waals surface area contributed by atoms with Gasteiger partial charge in [-0.05, 0) is 37.1 Å². The third-order valence-corrected chi connectivity index (χ3v) is 4.57. The van der Waals surface area contributed by atoms with Gasteiger partial charge in [0.05, 0.1) is 24.4 Å². The molecule has 0 amide bonds. The van der Waals surface area contributed by atoms with Crippen molar-refractivity contribution in [1.82, 2.24) is 10.2 Å². The molecule has 0 saturated heterocycles. The van der Waals surface area contributed by atoms with E-state index in [0.29, 0.717) is 13.1 Å². The molecular weight excluding hydrogens is 415 g/mol. The molecule has 1 aliphatic heterocycles. The summed E-state index contributed by atoms with van der Waals surface area (Å²) in [4.78, 5) is 17.6. The highest BCUT2D eigenvalue weighted by atomic mass is 19.4. The van der Waals surface area contributed by atoms with Crippen molar-refractivity contribution < 1.29 is 18.0 Å². The molecule has 32 heavy (non-hydrogen) atoms. The molecule has 1 N–H and O–H groups in total. The third kappa shape index (κ3) is 6.97. The van der Waals surface area contributed by atoms with Gasteiger partial charge in [-0.3, -0.25) is 9.79 Å². The van der Waals surface area contributed by atoms with E-state index in [1.54, 1.807) is 29.6 Å². The van der Waals surface area contributed by atoms with Crippen molar-refractivity contribution in [2.45, 2.75) is 20.0 Å². The molecule has 1 aliphatic rings. The van der Waals surface area contributed by atoms with Gasteiger partial charge in [-0.25, -0.2) is 0 Å². The van der Waals surface area contributed by atoms with E-state index >= 15 is 0 Å². The van der Waals surface area contributed by atoms with Crippen LogP contribution in [0, 0.1) is 0 Å². The maximum atomic E-state index is 13.7. The number of ketones is 1. The van der Waals surface area contributed by atoms with Gasteiger partial charge in [-0.1, -0.05) is 49.6 Å². The van der Waals surface area contributed by atoms with Crippen LogP contribution in [0.25, 0.3) is 5.57 Å². The van der Waals surface area contributed by atoms with Crippen molar-refractivity contribution in [3.05, 3.63) is 102 Å². The monoisotopic (exact) mass is 441 g/mol. The van der Waals surface area contributed by atoms with Crippen molar-refractivity contribution in [3.8, 4) is 0 Å². The van der Waals surface area contributed by atoms with E-state index < -0.39 is 17.5 Å². The van der Waals surface area contributed by atoms with Crippen molar-refractivity contribution >= 4 is 17.6 Å². The largest absolute Gasteiger partial charge is 0.417 e. The van der Waals surface area contributed by atoms with E-state index in [9.17, 15) is 18.0 Å². The van der Waals surface area contributed by atoms with Gasteiger partial charge in [0, 0.05) is 29.9 Å². The van der Waals surface area contributed by atoms with Crippen LogP contribution in [-0.4, -0.2) is 30.0 Å². The molecule has 1 aromatic carbocycles. The Balaban J connectivity index is 2.30. The Morgan fingerprint density at radius 3 is 2.62 bits per heavy atom. The Hall–Kier alpha value is -3.61. The van der Waals surface area contributed by atoms with E-state index in [2.05, 4.69) is 23.5 Å². The van der Waals surface area contributed by atoms with Crippen LogP contribution in [-0.2, 0) is 6.18 Å². The number of nitrogens with one attached hydrogen (secondary N) is 1. The molecule has 1 aromatic rings. The summed E-state index contributed by atoms with van der Waals surface area (Å²) in [6.45, 7) is 11.3. The van der Waals surface area contributed by atoms with Gasteiger partial charge >= 0.3 is 6.18 Å². The lowest BCUT2D eigenvalue weighted by molar-refractivity contribution is -0.137. The van der Waals surface area contributed by atoms with Crippen LogP contribution >= 0.6 is 0 Å². The fourth-order valence-corrected chi connectivity index (χ4v) is 2.94. The number of hydrogen-bond acceptors (Lipinski definition) is 4. The van der Waals surface area contributed by atoms with Crippen LogP contribution in [0.4, 0.5) is 13.2 Å². The van der Waals surface area contributed by atoms with E-state index in [1.165, 1.54) is 25.1 Å². The molecule has 0 radical (unpaired) electrons. The van der Waals surface area contributed by atoms with Crippen molar-refractivity contribution in [2.24, 2.45) is 4.99 Å². The predicted molar refractivity (Wildman–Crippen MR) is 124 cm³/mol. The number of allylic oxidation sites excluding steroid dienone is 7. The fraction of sp³-hybridized carbons (Fsp3) is 0.200. The third-order valence-electron chi connectivity index (χ3n) is 4.57. The predicted octanol–water partition coefficient (Wildman–Crippen LogP) is 5.90. The van der Waals surface area contributed by atoms with E-state index in [-0.39, 0.29) is 16.7 Å². The topological polar surface area (TPSA) is 44.7 Å². The average Bonchev–Trinajstić information content (AvgIpc) is 2.75. The summed E-state index contributed by atoms with van der Waals surface area (Å²) in [5.74, 6) is -0.428. The zero-order valence-corrected chi connectivity index (χ0v) is 18.1. The van der Waals surface area contributed by atoms with E-state index in [1.807, 2.05) is 25.2 Å². The standard InChI is InChI=1S/C25H26F3N3O/c1-5-7-8-9-18(3)30-15-22-17-31(13-12-29-22)16-20(6-2)23-11-10-21(19(4)32)14-24(23)25(26,27)28/h5-12,14,16-17,30H,1-2,13,15H2,3-4H3/b8-7-,18-9+,20-16+. The number of aliphatic imine (C=N–C) groups is 1. The highest BCUT2D eigenvalue weighted by Crippen LogP contribution is 2.36. The molecular formula is C25H26F3N3O. The van der Waals surface area contributed by atoms with Gasteiger partial charge in [0.2, 0.25) is 0 Å². The summed E-state index contributed by atoms with van der Waals surface area (Å²) in [7, 11) is 0. The number of nitrogens with zero attached hydrogens (tertiary/aromatic N) is 2. The van der Waals surface area contributed by atoms with E-state index in [4.69, 9.17) is 0 Å². The first-order valence-corrected chi connectivity index (χ1v) is 9.91. The van der Waals surface area contributed by atoms with Crippen LogP contribution in [0.3, 0.4) is 0 Å². The molecule has 2 rings (SSSR count). The lowest BCUT2D eigenvalue weighted by Crippen LogP contribution is -2.22. The van der Waals surface area contributed by atoms with Gasteiger partial charge < -0.3 is 10.2 Å². The van der Waals surface area contributed by atoms with Crippen LogP contribution in [0.15, 0.2) is 90.5 Å². The van der Waals surface area contributed by atoms with Gasteiger partial charge in [-0.2, -0.15) is 13.2 Å². The van der Waals surface area contributed by atoms with Crippen molar-refractivity contribution in [2.75, 3.05) is 13.1 Å². The van der Waals surface area contributed by atoms with Crippen molar-refractivity contribution in [1.29, 1.82) is 0 Å². The number of alkyl halides is 3. The second-order valence-electron chi connectivity index (χ2n) is 7.06. The summed E-state index contributed by atoms with van der Waals surface area (Å²) in [6.07, 6.45) is 9.04. The van der Waals surface area contributed by atoms with Crippen LogP contribution in [0.5, 0.6) is 0 Å². The number of Topliss-reactive ketones (excluding diaryl/α,β-unsaturated/α-hetero) is 1. The summed E-state index contributed by atoms with van der Waals surface area (Å²) < 4.78 is 41.0. The minimum atomic E-state index is -4.61. The normalized spacial score (nSPS) is 15.0. The van der Waals surface area contributed by atoms with Crippen LogP contribution in [0.1, 0.15) is 35.3 Å². The SMILES string of the molecule is C=C/C=C\C=C(/C)NCC1=CN(/C=C(\C=C)c2ccc(C(C)=O)cc2C(F)(F)F)CC=N1. The van der Waals surface area contributed by atoms with Gasteiger partial charge in [-0.15, -0.1) is 0 Å². The molecule has 0 unspecified atom stereocenters. The molecule has 0 atom stereocenters. The summed E-state index contributed by atoms with van der Waals surface area (Å²) in [5, 5.41) is 3.22. The fourth-order valence-electron chi connectivity index (χ4n) is 2.94. The number of benzene rings is 1. The molecule has 0 bridgehead atoms. The zero-order chi connectivity index (χ0) is 23.7. The first kappa shape index (κ1) is 24.7. The van der Waals surface area contributed by atoms with Crippen LogP contribution < -0.4 is 5.32 Å². The average molecular weight is 441 g/mol. The molecule has 7 heteroatoms. The van der Waals surface area contributed by atoms with Gasteiger partial charge in [0.25, 0.3) is 0 Å². The number of rotatable bonds is 9. The highest BCUT2D eigenvalue weighted by Gasteiger charge is 2.34. The Morgan fingerprint density at radius 2 is 2.00 bits per heavy atom. The molecule has 0 spiro atoms. The molecule has 1 heterocycles.